The van der Waals surface area contributed by atoms with E-state index < -0.39 is 0 Å². The summed E-state index contributed by atoms with van der Waals surface area (Å²) in [6, 6.07) is 0. The van der Waals surface area contributed by atoms with Crippen molar-refractivity contribution in [3.05, 3.63) is 45.0 Å². The van der Waals surface area contributed by atoms with Crippen molar-refractivity contribution in [1.82, 2.24) is 0 Å². The lowest BCUT2D eigenvalue weighted by Crippen LogP contribution is -2.27. The van der Waals surface area contributed by atoms with Crippen molar-refractivity contribution in [3.63, 3.8) is 0 Å². The largest absolute Gasteiger partial charge is 0.0892 e. The van der Waals surface area contributed by atoms with Gasteiger partial charge in [0.05, 0.1) is 0 Å². The molecule has 0 N–H and O–H groups in total. The highest BCUT2D eigenvalue weighted by Crippen LogP contribution is 2.44. The Morgan fingerprint density at radius 1 is 1.00 bits per heavy atom. The van der Waals surface area contributed by atoms with Crippen molar-refractivity contribution in [2.45, 2.75) is 53.9 Å². The molecule has 0 nitrogen and oxygen atoms in total. The van der Waals surface area contributed by atoms with Gasteiger partial charge in [-0.15, -0.1) is 0 Å². The summed E-state index contributed by atoms with van der Waals surface area (Å²) in [6.07, 6.45) is 3.29. The van der Waals surface area contributed by atoms with Crippen molar-refractivity contribution in [3.8, 4) is 0 Å². The van der Waals surface area contributed by atoms with E-state index in [4.69, 9.17) is 11.6 Å². The molecule has 0 aliphatic heterocycles. The Bertz CT molecular complexity index is 525. The van der Waals surface area contributed by atoms with Crippen LogP contribution in [-0.2, 0) is 12.8 Å². The molecule has 98 valence electrons. The maximum absolute atomic E-state index is 6.23. The molecule has 0 saturated heterocycles. The van der Waals surface area contributed by atoms with Gasteiger partial charge in [-0.25, -0.2) is 0 Å². The second-order valence-corrected chi connectivity index (χ2v) is 6.56. The van der Waals surface area contributed by atoms with Crippen LogP contribution in [0.1, 0.15) is 46.7 Å². The number of hydrogen-bond donors (Lipinski definition) is 0. The quantitative estimate of drug-likeness (QED) is 0.655. The molecule has 1 unspecified atom stereocenters. The summed E-state index contributed by atoms with van der Waals surface area (Å²) in [5.74, 6) is 0. The predicted molar refractivity (Wildman–Crippen MR) is 80.5 cm³/mol. The van der Waals surface area contributed by atoms with E-state index in [9.17, 15) is 0 Å². The van der Waals surface area contributed by atoms with Crippen LogP contribution in [0.2, 0.25) is 0 Å². The standard InChI is InChI=1S/C17H23Cl/c1-10-11(2)13(4)16-9-17(6,14(5)18)8-7-15(16)12(10)3/h5,7-9H2,1-4,6H3. The first-order chi connectivity index (χ1) is 8.28. The molecular formula is C17H23Cl. The van der Waals surface area contributed by atoms with Crippen LogP contribution in [0.5, 0.6) is 0 Å². The molecule has 0 spiro atoms. The molecule has 1 aliphatic carbocycles. The minimum Gasteiger partial charge on any atom is -0.0892 e. The number of allylic oxidation sites excluding steroid dienone is 1. The summed E-state index contributed by atoms with van der Waals surface area (Å²) in [6.45, 7) is 15.2. The van der Waals surface area contributed by atoms with Gasteiger partial charge in [0.2, 0.25) is 0 Å². The average molecular weight is 263 g/mol. The van der Waals surface area contributed by atoms with E-state index in [1.807, 2.05) is 0 Å². The second-order valence-electron chi connectivity index (χ2n) is 6.10. The molecule has 1 aromatic carbocycles. The van der Waals surface area contributed by atoms with Gasteiger partial charge >= 0.3 is 0 Å². The third kappa shape index (κ3) is 1.91. The molecule has 1 heteroatoms. The molecular weight excluding hydrogens is 240 g/mol. The summed E-state index contributed by atoms with van der Waals surface area (Å²) in [5.41, 5.74) is 8.98. The molecule has 0 radical (unpaired) electrons. The van der Waals surface area contributed by atoms with Crippen molar-refractivity contribution >= 4 is 11.6 Å². The normalized spacial score (nSPS) is 22.8. The van der Waals surface area contributed by atoms with Gasteiger partial charge in [-0.1, -0.05) is 25.1 Å². The average Bonchev–Trinajstić information content (AvgIpc) is 2.33. The lowest BCUT2D eigenvalue weighted by atomic mass is 9.69. The van der Waals surface area contributed by atoms with Gasteiger partial charge in [-0.05, 0) is 80.3 Å². The first kappa shape index (κ1) is 13.7. The van der Waals surface area contributed by atoms with Gasteiger partial charge in [-0.2, -0.15) is 0 Å². The molecule has 0 fully saturated rings. The fourth-order valence-corrected chi connectivity index (χ4v) is 3.32. The van der Waals surface area contributed by atoms with E-state index in [-0.39, 0.29) is 5.41 Å². The summed E-state index contributed by atoms with van der Waals surface area (Å²) < 4.78 is 0. The number of halogens is 1. The second kappa shape index (κ2) is 4.42. The lowest BCUT2D eigenvalue weighted by Gasteiger charge is -2.37. The third-order valence-electron chi connectivity index (χ3n) is 5.11. The van der Waals surface area contributed by atoms with Crippen LogP contribution in [0.15, 0.2) is 11.6 Å². The van der Waals surface area contributed by atoms with Gasteiger partial charge in [0.1, 0.15) is 0 Å². The predicted octanol–water partition coefficient (Wildman–Crippen LogP) is 5.17. The van der Waals surface area contributed by atoms with Crippen LogP contribution in [0.25, 0.3) is 0 Å². The SMILES string of the molecule is C=C(Cl)C1(C)CCc2c(C)c(C)c(C)c(C)c2C1. The topological polar surface area (TPSA) is 0 Å². The maximum atomic E-state index is 6.23. The van der Waals surface area contributed by atoms with Crippen LogP contribution >= 0.6 is 11.6 Å². The van der Waals surface area contributed by atoms with E-state index in [2.05, 4.69) is 41.2 Å². The van der Waals surface area contributed by atoms with E-state index in [0.717, 1.165) is 24.3 Å². The van der Waals surface area contributed by atoms with Crippen LogP contribution in [0.3, 0.4) is 0 Å². The minimum atomic E-state index is 0.0630. The molecule has 0 saturated carbocycles. The first-order valence-electron chi connectivity index (χ1n) is 6.71. The molecule has 0 heterocycles. The van der Waals surface area contributed by atoms with Gasteiger partial charge in [-0.3, -0.25) is 0 Å². The maximum Gasteiger partial charge on any atom is 0.0171 e. The van der Waals surface area contributed by atoms with Gasteiger partial charge in [0.15, 0.2) is 0 Å². The van der Waals surface area contributed by atoms with Gasteiger partial charge < -0.3 is 0 Å². The van der Waals surface area contributed by atoms with Crippen LogP contribution in [0, 0.1) is 33.1 Å². The van der Waals surface area contributed by atoms with E-state index in [1.165, 1.54) is 27.8 Å². The Labute approximate surface area is 116 Å². The van der Waals surface area contributed by atoms with Crippen LogP contribution in [-0.4, -0.2) is 0 Å². The molecule has 1 aliphatic rings. The Morgan fingerprint density at radius 2 is 1.50 bits per heavy atom. The molecule has 2 rings (SSSR count). The number of fused-ring (bicyclic) bond motifs is 1. The zero-order valence-electron chi connectivity index (χ0n) is 12.2. The highest BCUT2D eigenvalue weighted by atomic mass is 35.5. The number of hydrogen-bond acceptors (Lipinski definition) is 0. The monoisotopic (exact) mass is 262 g/mol. The summed E-state index contributed by atoms with van der Waals surface area (Å²) in [5, 5.41) is 0.809. The van der Waals surface area contributed by atoms with Crippen molar-refractivity contribution in [1.29, 1.82) is 0 Å². The van der Waals surface area contributed by atoms with Crippen LogP contribution in [0.4, 0.5) is 0 Å². The Balaban J connectivity index is 2.61. The molecule has 18 heavy (non-hydrogen) atoms. The molecule has 0 amide bonds. The highest BCUT2D eigenvalue weighted by molar-refractivity contribution is 6.29. The molecule has 0 aromatic heterocycles. The van der Waals surface area contributed by atoms with Crippen molar-refractivity contribution in [2.75, 3.05) is 0 Å². The summed E-state index contributed by atoms with van der Waals surface area (Å²) in [4.78, 5) is 0. The lowest BCUT2D eigenvalue weighted by molar-refractivity contribution is 0.358. The fraction of sp³-hybridized carbons (Fsp3) is 0.529. The summed E-state index contributed by atoms with van der Waals surface area (Å²) >= 11 is 6.23. The van der Waals surface area contributed by atoms with Crippen molar-refractivity contribution < 1.29 is 0 Å². The van der Waals surface area contributed by atoms with E-state index >= 15 is 0 Å². The van der Waals surface area contributed by atoms with Gasteiger partial charge in [0, 0.05) is 10.4 Å². The Hall–Kier alpha value is -0.750. The smallest absolute Gasteiger partial charge is 0.0171 e. The Kier molecular flexibility index (Phi) is 3.36. The van der Waals surface area contributed by atoms with E-state index in [0.29, 0.717) is 0 Å². The minimum absolute atomic E-state index is 0.0630. The Morgan fingerprint density at radius 3 is 2.00 bits per heavy atom. The number of benzene rings is 1. The zero-order chi connectivity index (χ0) is 13.7. The van der Waals surface area contributed by atoms with Crippen LogP contribution < -0.4 is 0 Å². The van der Waals surface area contributed by atoms with Crippen molar-refractivity contribution in [2.24, 2.45) is 5.41 Å². The zero-order valence-corrected chi connectivity index (χ0v) is 13.0. The third-order valence-corrected chi connectivity index (χ3v) is 5.56. The molecule has 0 bridgehead atoms. The fourth-order valence-electron chi connectivity index (χ4n) is 3.16. The number of rotatable bonds is 1. The van der Waals surface area contributed by atoms with Gasteiger partial charge in [0.25, 0.3) is 0 Å². The first-order valence-corrected chi connectivity index (χ1v) is 7.08. The van der Waals surface area contributed by atoms with E-state index in [1.54, 1.807) is 5.56 Å². The highest BCUT2D eigenvalue weighted by Gasteiger charge is 2.33. The summed E-state index contributed by atoms with van der Waals surface area (Å²) in [7, 11) is 0. The molecule has 1 atom stereocenters. The molecule has 1 aromatic rings.